The van der Waals surface area contributed by atoms with E-state index in [0.717, 1.165) is 22.9 Å². The van der Waals surface area contributed by atoms with Crippen molar-refractivity contribution in [3.05, 3.63) is 77.6 Å². The Labute approximate surface area is 128 Å². The molecule has 3 rings (SSSR count). The predicted molar refractivity (Wildman–Crippen MR) is 87.7 cm³/mol. The van der Waals surface area contributed by atoms with E-state index in [1.54, 1.807) is 0 Å². The first-order valence-corrected chi connectivity index (χ1v) is 7.26. The van der Waals surface area contributed by atoms with Crippen LogP contribution >= 0.6 is 0 Å². The molecule has 0 bridgehead atoms. The van der Waals surface area contributed by atoms with Gasteiger partial charge in [0.05, 0.1) is 0 Å². The highest BCUT2D eigenvalue weighted by atomic mass is 19.1. The highest BCUT2D eigenvalue weighted by Crippen LogP contribution is 2.27. The Balaban J connectivity index is 1.97. The average molecular weight is 293 g/mol. The zero-order chi connectivity index (χ0) is 15.5. The number of anilines is 1. The summed E-state index contributed by atoms with van der Waals surface area (Å²) in [5, 5.41) is 5.06. The van der Waals surface area contributed by atoms with Gasteiger partial charge in [-0.05, 0) is 47.7 Å². The van der Waals surface area contributed by atoms with Crippen molar-refractivity contribution < 1.29 is 9.18 Å². The number of benzene rings is 3. The lowest BCUT2D eigenvalue weighted by Crippen LogP contribution is -2.12. The zero-order valence-corrected chi connectivity index (χ0v) is 12.3. The molecular formula is C19H16FNO. The van der Waals surface area contributed by atoms with Crippen LogP contribution in [0.3, 0.4) is 0 Å². The molecule has 0 aliphatic heterocycles. The normalized spacial score (nSPS) is 10.6. The SMILES string of the molecule is CCc1cccc2c(NC(=O)c3ccc(F)cc3)cccc12. The largest absolute Gasteiger partial charge is 0.321 e. The summed E-state index contributed by atoms with van der Waals surface area (Å²) in [4.78, 5) is 12.3. The number of hydrogen-bond donors (Lipinski definition) is 1. The van der Waals surface area contributed by atoms with Crippen LogP contribution in [-0.2, 0) is 6.42 Å². The first-order chi connectivity index (χ1) is 10.7. The molecule has 3 aromatic carbocycles. The van der Waals surface area contributed by atoms with Crippen LogP contribution in [0.4, 0.5) is 10.1 Å². The average Bonchev–Trinajstić information content (AvgIpc) is 2.55. The first kappa shape index (κ1) is 14.3. The second kappa shape index (κ2) is 5.98. The minimum atomic E-state index is -0.353. The number of hydrogen-bond acceptors (Lipinski definition) is 1. The number of carbonyl (C=O) groups excluding carboxylic acids is 1. The van der Waals surface area contributed by atoms with Crippen LogP contribution in [0.15, 0.2) is 60.7 Å². The van der Waals surface area contributed by atoms with E-state index in [9.17, 15) is 9.18 Å². The fourth-order valence-electron chi connectivity index (χ4n) is 2.59. The third-order valence-electron chi connectivity index (χ3n) is 3.75. The van der Waals surface area contributed by atoms with Gasteiger partial charge in [0, 0.05) is 16.6 Å². The number of halogens is 1. The molecule has 0 saturated carbocycles. The van der Waals surface area contributed by atoms with Gasteiger partial charge >= 0.3 is 0 Å². The van der Waals surface area contributed by atoms with Crippen molar-refractivity contribution in [2.45, 2.75) is 13.3 Å². The summed E-state index contributed by atoms with van der Waals surface area (Å²) in [6.07, 6.45) is 0.937. The number of nitrogens with one attached hydrogen (secondary N) is 1. The lowest BCUT2D eigenvalue weighted by atomic mass is 10.0. The second-order valence-corrected chi connectivity index (χ2v) is 5.13. The molecule has 0 aliphatic rings. The van der Waals surface area contributed by atoms with E-state index in [2.05, 4.69) is 24.4 Å². The van der Waals surface area contributed by atoms with E-state index >= 15 is 0 Å². The molecule has 3 aromatic rings. The maximum atomic E-state index is 12.9. The summed E-state index contributed by atoms with van der Waals surface area (Å²) in [5.41, 5.74) is 2.45. The Morgan fingerprint density at radius 3 is 2.36 bits per heavy atom. The predicted octanol–water partition coefficient (Wildman–Crippen LogP) is 4.79. The highest BCUT2D eigenvalue weighted by Gasteiger charge is 2.09. The lowest BCUT2D eigenvalue weighted by molar-refractivity contribution is 0.102. The molecule has 0 unspecified atom stereocenters. The van der Waals surface area contributed by atoms with Gasteiger partial charge in [0.1, 0.15) is 5.82 Å². The third kappa shape index (κ3) is 2.70. The molecule has 0 fully saturated rings. The van der Waals surface area contributed by atoms with E-state index in [0.29, 0.717) is 5.56 Å². The van der Waals surface area contributed by atoms with E-state index in [-0.39, 0.29) is 11.7 Å². The number of rotatable bonds is 3. The van der Waals surface area contributed by atoms with Gasteiger partial charge in [-0.3, -0.25) is 4.79 Å². The summed E-state index contributed by atoms with van der Waals surface area (Å²) in [6.45, 7) is 2.11. The Morgan fingerprint density at radius 1 is 0.955 bits per heavy atom. The Morgan fingerprint density at radius 2 is 1.64 bits per heavy atom. The number of fused-ring (bicyclic) bond motifs is 1. The molecule has 0 radical (unpaired) electrons. The van der Waals surface area contributed by atoms with Crippen LogP contribution in [0.1, 0.15) is 22.8 Å². The number of carbonyl (C=O) groups is 1. The van der Waals surface area contributed by atoms with Gasteiger partial charge < -0.3 is 5.32 Å². The standard InChI is InChI=1S/C19H16FNO/c1-2-13-5-3-7-17-16(13)6-4-8-18(17)21-19(22)14-9-11-15(20)12-10-14/h3-12H,2H2,1H3,(H,21,22). The van der Waals surface area contributed by atoms with Gasteiger partial charge in [-0.1, -0.05) is 37.3 Å². The van der Waals surface area contributed by atoms with E-state index in [1.807, 2.05) is 24.3 Å². The highest BCUT2D eigenvalue weighted by molar-refractivity contribution is 6.09. The molecule has 0 spiro atoms. The van der Waals surface area contributed by atoms with Crippen molar-refractivity contribution in [2.75, 3.05) is 5.32 Å². The molecule has 3 heteroatoms. The van der Waals surface area contributed by atoms with Crippen molar-refractivity contribution in [3.63, 3.8) is 0 Å². The summed E-state index contributed by atoms with van der Waals surface area (Å²) in [5.74, 6) is -0.594. The Bertz CT molecular complexity index is 824. The van der Waals surface area contributed by atoms with Crippen molar-refractivity contribution in [1.82, 2.24) is 0 Å². The van der Waals surface area contributed by atoms with Crippen LogP contribution < -0.4 is 5.32 Å². The molecule has 0 saturated heterocycles. The molecule has 22 heavy (non-hydrogen) atoms. The van der Waals surface area contributed by atoms with Gasteiger partial charge in [0.15, 0.2) is 0 Å². The van der Waals surface area contributed by atoms with Gasteiger partial charge in [0.25, 0.3) is 5.91 Å². The first-order valence-electron chi connectivity index (χ1n) is 7.26. The van der Waals surface area contributed by atoms with Gasteiger partial charge in [-0.2, -0.15) is 0 Å². The Hall–Kier alpha value is -2.68. The second-order valence-electron chi connectivity index (χ2n) is 5.13. The van der Waals surface area contributed by atoms with Crippen LogP contribution in [0.2, 0.25) is 0 Å². The maximum Gasteiger partial charge on any atom is 0.255 e. The van der Waals surface area contributed by atoms with Gasteiger partial charge in [0.2, 0.25) is 0 Å². The third-order valence-corrected chi connectivity index (χ3v) is 3.75. The minimum Gasteiger partial charge on any atom is -0.321 e. The fourth-order valence-corrected chi connectivity index (χ4v) is 2.59. The van der Waals surface area contributed by atoms with Crippen molar-refractivity contribution in [3.8, 4) is 0 Å². The summed E-state index contributed by atoms with van der Waals surface area (Å²) in [7, 11) is 0. The fraction of sp³-hybridized carbons (Fsp3) is 0.105. The maximum absolute atomic E-state index is 12.9. The molecule has 1 N–H and O–H groups in total. The zero-order valence-electron chi connectivity index (χ0n) is 12.3. The molecule has 1 amide bonds. The van der Waals surface area contributed by atoms with Gasteiger partial charge in [-0.25, -0.2) is 4.39 Å². The van der Waals surface area contributed by atoms with Crippen molar-refractivity contribution in [2.24, 2.45) is 0 Å². The van der Waals surface area contributed by atoms with Crippen molar-refractivity contribution >= 4 is 22.4 Å². The lowest BCUT2D eigenvalue weighted by Gasteiger charge is -2.11. The number of amides is 1. The number of aryl methyl sites for hydroxylation is 1. The van der Waals surface area contributed by atoms with Crippen LogP contribution in [0, 0.1) is 5.82 Å². The molecule has 0 aromatic heterocycles. The minimum absolute atomic E-state index is 0.241. The van der Waals surface area contributed by atoms with E-state index in [1.165, 1.54) is 29.8 Å². The topological polar surface area (TPSA) is 29.1 Å². The molecule has 0 aliphatic carbocycles. The van der Waals surface area contributed by atoms with E-state index in [4.69, 9.17) is 0 Å². The molecule has 0 atom stereocenters. The van der Waals surface area contributed by atoms with E-state index < -0.39 is 0 Å². The molecular weight excluding hydrogens is 277 g/mol. The van der Waals surface area contributed by atoms with Crippen LogP contribution in [-0.4, -0.2) is 5.91 Å². The van der Waals surface area contributed by atoms with Crippen LogP contribution in [0.25, 0.3) is 10.8 Å². The Kier molecular flexibility index (Phi) is 3.88. The monoisotopic (exact) mass is 293 g/mol. The summed E-state index contributed by atoms with van der Waals surface area (Å²) in [6, 6.07) is 17.5. The van der Waals surface area contributed by atoms with Crippen LogP contribution in [0.5, 0.6) is 0 Å². The quantitative estimate of drug-likeness (QED) is 0.739. The smallest absolute Gasteiger partial charge is 0.255 e. The van der Waals surface area contributed by atoms with Gasteiger partial charge in [-0.15, -0.1) is 0 Å². The summed E-state index contributed by atoms with van der Waals surface area (Å²) >= 11 is 0. The summed E-state index contributed by atoms with van der Waals surface area (Å²) < 4.78 is 12.9. The molecule has 0 heterocycles. The van der Waals surface area contributed by atoms with Crippen molar-refractivity contribution in [1.29, 1.82) is 0 Å². The molecule has 110 valence electrons. The molecule has 2 nitrogen and oxygen atoms in total.